The molecule has 1 saturated heterocycles. The first-order valence-electron chi connectivity index (χ1n) is 11.8. The normalized spacial score (nSPS) is 13.9. The van der Waals surface area contributed by atoms with Gasteiger partial charge in [-0.2, -0.15) is 0 Å². The van der Waals surface area contributed by atoms with Gasteiger partial charge in [0.2, 0.25) is 5.91 Å². The van der Waals surface area contributed by atoms with Crippen LogP contribution >= 0.6 is 15.9 Å². The van der Waals surface area contributed by atoms with Gasteiger partial charge in [-0.25, -0.2) is 18.7 Å². The third kappa shape index (κ3) is 6.66. The van der Waals surface area contributed by atoms with Crippen LogP contribution in [0.15, 0.2) is 35.1 Å². The lowest BCUT2D eigenvalue weighted by Crippen LogP contribution is -2.35. The summed E-state index contributed by atoms with van der Waals surface area (Å²) in [6, 6.07) is 5.21. The van der Waals surface area contributed by atoms with E-state index in [9.17, 15) is 23.7 Å². The van der Waals surface area contributed by atoms with Crippen LogP contribution in [-0.4, -0.2) is 58.5 Å². The first-order valence-corrected chi connectivity index (χ1v) is 12.6. The number of rotatable bonds is 10. The van der Waals surface area contributed by atoms with Crippen molar-refractivity contribution < 1.29 is 23.2 Å². The zero-order valence-electron chi connectivity index (χ0n) is 19.8. The molecule has 0 spiro atoms. The topological polar surface area (TPSA) is 123 Å². The SMILES string of the molecule is O=C(CCN1CCCCC1)NCCOc1cc2ncnc(Nc3ccc(Br)c(F)c3F)c2cc1[N+](=O)[O-]. The molecule has 2 aromatic carbocycles. The van der Waals surface area contributed by atoms with Crippen LogP contribution in [0.25, 0.3) is 10.9 Å². The van der Waals surface area contributed by atoms with Crippen LogP contribution in [0.5, 0.6) is 5.75 Å². The van der Waals surface area contributed by atoms with Gasteiger partial charge in [-0.15, -0.1) is 0 Å². The molecule has 3 aromatic rings. The monoisotopic (exact) mass is 578 g/mol. The van der Waals surface area contributed by atoms with Crippen LogP contribution in [0.4, 0.5) is 26.0 Å². The van der Waals surface area contributed by atoms with Gasteiger partial charge in [-0.1, -0.05) is 6.42 Å². The fourth-order valence-corrected chi connectivity index (χ4v) is 4.37. The van der Waals surface area contributed by atoms with E-state index < -0.39 is 16.6 Å². The minimum atomic E-state index is -1.13. The number of carbonyl (C=O) groups excluding carboxylic acids is 1. The van der Waals surface area contributed by atoms with Gasteiger partial charge in [-0.3, -0.25) is 14.9 Å². The van der Waals surface area contributed by atoms with Crippen molar-refractivity contribution in [2.75, 3.05) is 38.1 Å². The maximum absolute atomic E-state index is 14.3. The Morgan fingerprint density at radius 1 is 1.16 bits per heavy atom. The number of carbonyl (C=O) groups is 1. The number of hydrogen-bond donors (Lipinski definition) is 2. The third-order valence-electron chi connectivity index (χ3n) is 5.99. The van der Waals surface area contributed by atoms with E-state index in [-0.39, 0.29) is 51.9 Å². The quantitative estimate of drug-likeness (QED) is 0.154. The second kappa shape index (κ2) is 12.2. The van der Waals surface area contributed by atoms with Crippen LogP contribution < -0.4 is 15.4 Å². The molecule has 37 heavy (non-hydrogen) atoms. The maximum atomic E-state index is 14.3. The van der Waals surface area contributed by atoms with E-state index in [0.717, 1.165) is 25.9 Å². The van der Waals surface area contributed by atoms with Gasteiger partial charge >= 0.3 is 5.69 Å². The number of hydrogen-bond acceptors (Lipinski definition) is 8. The van der Waals surface area contributed by atoms with Gasteiger partial charge in [0.25, 0.3) is 0 Å². The van der Waals surface area contributed by atoms with Crippen LogP contribution in [-0.2, 0) is 4.79 Å². The Bertz CT molecular complexity index is 1310. The summed E-state index contributed by atoms with van der Waals surface area (Å²) in [5.74, 6) is -2.30. The molecule has 196 valence electrons. The predicted octanol–water partition coefficient (Wildman–Crippen LogP) is 4.69. The Hall–Kier alpha value is -3.45. The van der Waals surface area contributed by atoms with E-state index in [0.29, 0.717) is 18.5 Å². The molecule has 0 atom stereocenters. The van der Waals surface area contributed by atoms with Gasteiger partial charge in [-0.05, 0) is 54.0 Å². The van der Waals surface area contributed by atoms with E-state index in [4.69, 9.17) is 4.74 Å². The van der Waals surface area contributed by atoms with Crippen LogP contribution in [0.1, 0.15) is 25.7 Å². The number of fused-ring (bicyclic) bond motifs is 1. The van der Waals surface area contributed by atoms with Crippen LogP contribution in [0.3, 0.4) is 0 Å². The molecule has 4 rings (SSSR count). The molecule has 10 nitrogen and oxygen atoms in total. The second-order valence-corrected chi connectivity index (χ2v) is 9.37. The summed E-state index contributed by atoms with van der Waals surface area (Å²) in [6.07, 6.45) is 5.11. The fraction of sp³-hybridized carbons (Fsp3) is 0.375. The Kier molecular flexibility index (Phi) is 8.77. The highest BCUT2D eigenvalue weighted by atomic mass is 79.9. The van der Waals surface area contributed by atoms with Gasteiger partial charge in [0, 0.05) is 25.1 Å². The Morgan fingerprint density at radius 3 is 2.70 bits per heavy atom. The number of halogens is 3. The number of nitrogens with one attached hydrogen (secondary N) is 2. The Balaban J connectivity index is 1.42. The summed E-state index contributed by atoms with van der Waals surface area (Å²) in [7, 11) is 0. The zero-order valence-corrected chi connectivity index (χ0v) is 21.4. The second-order valence-electron chi connectivity index (χ2n) is 8.52. The molecule has 1 fully saturated rings. The number of nitrogens with zero attached hydrogens (tertiary/aromatic N) is 4. The van der Waals surface area contributed by atoms with Crippen molar-refractivity contribution in [2.45, 2.75) is 25.7 Å². The summed E-state index contributed by atoms with van der Waals surface area (Å²) in [5.41, 5.74) is -0.259. The lowest BCUT2D eigenvalue weighted by Gasteiger charge is -2.25. The molecule has 1 aliphatic rings. The van der Waals surface area contributed by atoms with Crippen molar-refractivity contribution in [3.63, 3.8) is 0 Å². The fourth-order valence-electron chi connectivity index (χ4n) is 4.06. The molecule has 0 saturated carbocycles. The molecular weight excluding hydrogens is 554 g/mol. The average molecular weight is 579 g/mol. The summed E-state index contributed by atoms with van der Waals surface area (Å²) < 4.78 is 33.8. The molecule has 1 aliphatic heterocycles. The molecule has 1 aromatic heterocycles. The van der Waals surface area contributed by atoms with E-state index >= 15 is 0 Å². The van der Waals surface area contributed by atoms with Crippen LogP contribution in [0.2, 0.25) is 0 Å². The Labute approximate surface area is 219 Å². The van der Waals surface area contributed by atoms with Gasteiger partial charge in [0.05, 0.1) is 32.5 Å². The lowest BCUT2D eigenvalue weighted by molar-refractivity contribution is -0.385. The minimum absolute atomic E-state index is 0.0153. The van der Waals surface area contributed by atoms with Crippen molar-refractivity contribution in [3.8, 4) is 5.75 Å². The molecule has 1 amide bonds. The molecule has 2 heterocycles. The predicted molar refractivity (Wildman–Crippen MR) is 137 cm³/mol. The molecule has 0 unspecified atom stereocenters. The smallest absolute Gasteiger partial charge is 0.311 e. The van der Waals surface area contributed by atoms with Crippen LogP contribution in [0, 0.1) is 21.7 Å². The number of piperidine rings is 1. The number of aromatic nitrogens is 2. The molecule has 0 bridgehead atoms. The van der Waals surface area contributed by atoms with Crippen molar-refractivity contribution in [3.05, 3.63) is 56.8 Å². The van der Waals surface area contributed by atoms with Gasteiger partial charge in [0.15, 0.2) is 17.4 Å². The molecule has 0 aliphatic carbocycles. The third-order valence-corrected chi connectivity index (χ3v) is 6.60. The first kappa shape index (κ1) is 26.6. The summed E-state index contributed by atoms with van der Waals surface area (Å²) in [4.78, 5) is 33.6. The highest BCUT2D eigenvalue weighted by Crippen LogP contribution is 2.35. The van der Waals surface area contributed by atoms with E-state index in [1.54, 1.807) is 0 Å². The number of nitro benzene ring substituents is 1. The number of anilines is 2. The van der Waals surface area contributed by atoms with Crippen molar-refractivity contribution >= 4 is 49.9 Å². The van der Waals surface area contributed by atoms with Gasteiger partial charge < -0.3 is 20.3 Å². The summed E-state index contributed by atoms with van der Waals surface area (Å²) in [6.45, 7) is 2.92. The molecule has 13 heteroatoms. The Morgan fingerprint density at radius 2 is 1.95 bits per heavy atom. The molecule has 2 N–H and O–H groups in total. The molecular formula is C24H25BrF2N6O4. The maximum Gasteiger partial charge on any atom is 0.311 e. The number of nitro groups is 1. The van der Waals surface area contributed by atoms with E-state index in [2.05, 4.69) is 41.4 Å². The minimum Gasteiger partial charge on any atom is -0.485 e. The van der Waals surface area contributed by atoms with Gasteiger partial charge in [0.1, 0.15) is 18.8 Å². The van der Waals surface area contributed by atoms with Crippen molar-refractivity contribution in [1.29, 1.82) is 0 Å². The van der Waals surface area contributed by atoms with Crippen molar-refractivity contribution in [2.24, 2.45) is 0 Å². The number of benzene rings is 2. The molecule has 0 radical (unpaired) electrons. The number of ether oxygens (including phenoxy) is 1. The van der Waals surface area contributed by atoms with E-state index in [1.807, 2.05) is 0 Å². The standard InChI is InChI=1S/C24H25BrF2N6O4/c25-16-4-5-17(23(27)22(16)26)31-24-15-12-19(33(35)36)20(13-18(15)29-14-30-24)37-11-7-28-21(34)6-10-32-8-2-1-3-9-32/h4-5,12-14H,1-3,6-11H2,(H,28,34)(H,29,30,31). The van der Waals surface area contributed by atoms with E-state index in [1.165, 1.54) is 37.0 Å². The largest absolute Gasteiger partial charge is 0.485 e. The lowest BCUT2D eigenvalue weighted by atomic mass is 10.1. The highest BCUT2D eigenvalue weighted by molar-refractivity contribution is 9.10. The van der Waals surface area contributed by atoms with Crippen molar-refractivity contribution in [1.82, 2.24) is 20.2 Å². The first-order chi connectivity index (χ1) is 17.8. The zero-order chi connectivity index (χ0) is 26.4. The number of likely N-dealkylation sites (tertiary alicyclic amines) is 1. The summed E-state index contributed by atoms with van der Waals surface area (Å²) in [5, 5.41) is 17.4. The average Bonchev–Trinajstić information content (AvgIpc) is 2.90. The highest BCUT2D eigenvalue weighted by Gasteiger charge is 2.21. The summed E-state index contributed by atoms with van der Waals surface area (Å²) >= 11 is 2.91. The number of amides is 1.